The number of hydrogen-bond acceptors (Lipinski definition) is 4. The molecule has 0 saturated carbocycles. The number of benzene rings is 2. The SMILES string of the molecule is Cn1nc2cc(N3CCc4ccccc43)ccc2c1-c1cc2nccc(C(=O)O)c2[nH]1. The first-order valence-corrected chi connectivity index (χ1v) is 10.1. The summed E-state index contributed by atoms with van der Waals surface area (Å²) in [5, 5.41) is 15.2. The number of carboxylic acid groups (broad SMARTS) is 1. The highest BCUT2D eigenvalue weighted by Crippen LogP contribution is 2.37. The van der Waals surface area contributed by atoms with E-state index < -0.39 is 5.97 Å². The number of aryl methyl sites for hydroxylation is 1. The van der Waals surface area contributed by atoms with E-state index in [0.717, 1.165) is 40.9 Å². The van der Waals surface area contributed by atoms with Crippen LogP contribution < -0.4 is 4.90 Å². The van der Waals surface area contributed by atoms with E-state index in [4.69, 9.17) is 5.10 Å². The van der Waals surface area contributed by atoms with Crippen molar-refractivity contribution >= 4 is 39.3 Å². The van der Waals surface area contributed by atoms with Crippen LogP contribution in [0.15, 0.2) is 60.8 Å². The zero-order chi connectivity index (χ0) is 21.1. The van der Waals surface area contributed by atoms with Crippen molar-refractivity contribution in [3.63, 3.8) is 0 Å². The molecule has 0 atom stereocenters. The number of fused-ring (bicyclic) bond motifs is 3. The Kier molecular flexibility index (Phi) is 3.67. The second-order valence-electron chi connectivity index (χ2n) is 7.81. The van der Waals surface area contributed by atoms with E-state index in [2.05, 4.69) is 57.3 Å². The molecule has 6 rings (SSSR count). The number of rotatable bonds is 3. The molecule has 31 heavy (non-hydrogen) atoms. The molecule has 2 N–H and O–H groups in total. The van der Waals surface area contributed by atoms with Crippen LogP contribution in [0.25, 0.3) is 33.3 Å². The molecule has 5 aromatic rings. The van der Waals surface area contributed by atoms with Gasteiger partial charge in [0, 0.05) is 36.6 Å². The van der Waals surface area contributed by atoms with Gasteiger partial charge in [-0.15, -0.1) is 0 Å². The van der Waals surface area contributed by atoms with Gasteiger partial charge in [-0.3, -0.25) is 9.67 Å². The zero-order valence-corrected chi connectivity index (χ0v) is 16.8. The number of H-pyrrole nitrogens is 1. The molecule has 7 nitrogen and oxygen atoms in total. The molecule has 0 spiro atoms. The first kappa shape index (κ1) is 17.7. The molecule has 0 amide bonds. The summed E-state index contributed by atoms with van der Waals surface area (Å²) in [5.41, 5.74) is 7.66. The highest BCUT2D eigenvalue weighted by atomic mass is 16.4. The molecule has 0 aliphatic carbocycles. The summed E-state index contributed by atoms with van der Waals surface area (Å²) in [6.07, 6.45) is 2.56. The number of aromatic carboxylic acids is 1. The Hall–Kier alpha value is -4.13. The Bertz CT molecular complexity index is 1500. The summed E-state index contributed by atoms with van der Waals surface area (Å²) >= 11 is 0. The lowest BCUT2D eigenvalue weighted by atomic mass is 10.1. The van der Waals surface area contributed by atoms with Crippen LogP contribution in [0.5, 0.6) is 0 Å². The third kappa shape index (κ3) is 2.63. The van der Waals surface area contributed by atoms with Crippen molar-refractivity contribution in [2.75, 3.05) is 11.4 Å². The Labute approximate surface area is 177 Å². The van der Waals surface area contributed by atoms with Crippen LogP contribution in [0, 0.1) is 0 Å². The number of carbonyl (C=O) groups is 1. The number of anilines is 2. The van der Waals surface area contributed by atoms with Crippen molar-refractivity contribution in [2.24, 2.45) is 7.05 Å². The zero-order valence-electron chi connectivity index (χ0n) is 16.8. The molecular formula is C24H19N5O2. The lowest BCUT2D eigenvalue weighted by molar-refractivity contribution is 0.0698. The van der Waals surface area contributed by atoms with Gasteiger partial charge in [-0.25, -0.2) is 4.79 Å². The second-order valence-corrected chi connectivity index (χ2v) is 7.81. The van der Waals surface area contributed by atoms with E-state index in [1.165, 1.54) is 23.5 Å². The fourth-order valence-electron chi connectivity index (χ4n) is 4.61. The fraction of sp³-hybridized carbons (Fsp3) is 0.125. The van der Waals surface area contributed by atoms with Crippen molar-refractivity contribution in [2.45, 2.75) is 6.42 Å². The van der Waals surface area contributed by atoms with Crippen LogP contribution in [-0.4, -0.2) is 37.4 Å². The van der Waals surface area contributed by atoms with Gasteiger partial charge in [0.25, 0.3) is 0 Å². The molecule has 0 unspecified atom stereocenters. The fourth-order valence-corrected chi connectivity index (χ4v) is 4.61. The van der Waals surface area contributed by atoms with E-state index in [9.17, 15) is 9.90 Å². The summed E-state index contributed by atoms with van der Waals surface area (Å²) in [6, 6.07) is 18.2. The van der Waals surface area contributed by atoms with Crippen LogP contribution in [-0.2, 0) is 13.5 Å². The average molecular weight is 409 g/mol. The van der Waals surface area contributed by atoms with Gasteiger partial charge in [0.2, 0.25) is 0 Å². The van der Waals surface area contributed by atoms with Crippen molar-refractivity contribution in [3.8, 4) is 11.4 Å². The van der Waals surface area contributed by atoms with Crippen molar-refractivity contribution in [3.05, 3.63) is 71.9 Å². The normalized spacial score (nSPS) is 13.3. The van der Waals surface area contributed by atoms with Crippen LogP contribution >= 0.6 is 0 Å². The lowest BCUT2D eigenvalue weighted by Crippen LogP contribution is -2.12. The number of hydrogen-bond donors (Lipinski definition) is 2. The minimum absolute atomic E-state index is 0.206. The predicted octanol–water partition coefficient (Wildman–Crippen LogP) is 4.51. The Balaban J connectivity index is 1.47. The van der Waals surface area contributed by atoms with Crippen molar-refractivity contribution < 1.29 is 9.90 Å². The largest absolute Gasteiger partial charge is 0.478 e. The molecule has 0 saturated heterocycles. The van der Waals surface area contributed by atoms with Gasteiger partial charge in [-0.1, -0.05) is 18.2 Å². The molecule has 0 bridgehead atoms. The minimum Gasteiger partial charge on any atom is -0.478 e. The molecule has 4 heterocycles. The van der Waals surface area contributed by atoms with Gasteiger partial charge in [0.05, 0.1) is 33.5 Å². The maximum Gasteiger partial charge on any atom is 0.337 e. The smallest absolute Gasteiger partial charge is 0.337 e. The van der Waals surface area contributed by atoms with Gasteiger partial charge >= 0.3 is 5.97 Å². The molecule has 152 valence electrons. The number of pyridine rings is 1. The Morgan fingerprint density at radius 2 is 1.97 bits per heavy atom. The highest BCUT2D eigenvalue weighted by Gasteiger charge is 2.22. The lowest BCUT2D eigenvalue weighted by Gasteiger charge is -2.19. The first-order chi connectivity index (χ1) is 15.1. The van der Waals surface area contributed by atoms with E-state index in [1.54, 1.807) is 0 Å². The van der Waals surface area contributed by atoms with Gasteiger partial charge in [-0.05, 0) is 48.4 Å². The average Bonchev–Trinajstić information content (AvgIpc) is 3.46. The minimum atomic E-state index is -0.980. The quantitative estimate of drug-likeness (QED) is 0.458. The molecule has 0 radical (unpaired) electrons. The Morgan fingerprint density at radius 3 is 2.84 bits per heavy atom. The second kappa shape index (κ2) is 6.43. The number of carboxylic acids is 1. The van der Waals surface area contributed by atoms with Crippen LogP contribution in [0.1, 0.15) is 15.9 Å². The maximum absolute atomic E-state index is 11.6. The van der Waals surface area contributed by atoms with Gasteiger partial charge in [0.15, 0.2) is 0 Å². The van der Waals surface area contributed by atoms with Gasteiger partial charge in [-0.2, -0.15) is 5.10 Å². The van der Waals surface area contributed by atoms with E-state index >= 15 is 0 Å². The van der Waals surface area contributed by atoms with Gasteiger partial charge < -0.3 is 15.0 Å². The molecule has 3 aromatic heterocycles. The van der Waals surface area contributed by atoms with E-state index in [1.807, 2.05) is 17.8 Å². The standard InChI is InChI=1S/C24H19N5O2/c1-28-23(20-13-19-22(26-20)17(24(30)31)8-10-25-19)16-7-6-15(12-18(16)27-28)29-11-9-14-4-2-3-5-21(14)29/h2-8,10,12-13,26H,9,11H2,1H3,(H,30,31). The number of para-hydroxylation sites is 1. The van der Waals surface area contributed by atoms with E-state index in [-0.39, 0.29) is 5.56 Å². The number of aromatic nitrogens is 4. The number of nitrogens with one attached hydrogen (secondary N) is 1. The first-order valence-electron chi connectivity index (χ1n) is 10.1. The van der Waals surface area contributed by atoms with Gasteiger partial charge in [0.1, 0.15) is 0 Å². The number of aromatic amines is 1. The summed E-state index contributed by atoms with van der Waals surface area (Å²) in [5.74, 6) is -0.980. The molecule has 2 aromatic carbocycles. The monoisotopic (exact) mass is 409 g/mol. The van der Waals surface area contributed by atoms with Crippen LogP contribution in [0.2, 0.25) is 0 Å². The number of nitrogens with zero attached hydrogens (tertiary/aromatic N) is 4. The van der Waals surface area contributed by atoms with Crippen molar-refractivity contribution in [1.29, 1.82) is 0 Å². The summed E-state index contributed by atoms with van der Waals surface area (Å²) in [7, 11) is 1.90. The van der Waals surface area contributed by atoms with E-state index in [0.29, 0.717) is 11.0 Å². The summed E-state index contributed by atoms with van der Waals surface area (Å²) in [4.78, 5) is 21.5. The third-order valence-corrected chi connectivity index (χ3v) is 6.02. The van der Waals surface area contributed by atoms with Crippen LogP contribution in [0.3, 0.4) is 0 Å². The molecule has 0 fully saturated rings. The summed E-state index contributed by atoms with van der Waals surface area (Å²) < 4.78 is 1.83. The summed E-state index contributed by atoms with van der Waals surface area (Å²) in [6.45, 7) is 0.955. The topological polar surface area (TPSA) is 87.0 Å². The molecule has 1 aliphatic heterocycles. The Morgan fingerprint density at radius 1 is 1.10 bits per heavy atom. The predicted molar refractivity (Wildman–Crippen MR) is 120 cm³/mol. The third-order valence-electron chi connectivity index (χ3n) is 6.02. The molecule has 7 heteroatoms. The molecule has 1 aliphatic rings. The maximum atomic E-state index is 11.6. The highest BCUT2D eigenvalue weighted by molar-refractivity contribution is 6.03. The van der Waals surface area contributed by atoms with Crippen molar-refractivity contribution in [1.82, 2.24) is 19.7 Å². The van der Waals surface area contributed by atoms with Crippen LogP contribution in [0.4, 0.5) is 11.4 Å². The molecular weight excluding hydrogens is 390 g/mol.